The minimum absolute atomic E-state index is 0.833. The van der Waals surface area contributed by atoms with Gasteiger partial charge in [-0.05, 0) is 44.1 Å². The molecule has 3 saturated carbocycles. The predicted octanol–water partition coefficient (Wildman–Crippen LogP) is 4.20. The number of hydrogen-bond donors (Lipinski definition) is 1. The number of likely N-dealkylation sites (N-methyl/N-ethyl adjacent to an activating group) is 1. The highest BCUT2D eigenvalue weighted by molar-refractivity contribution is 4.88. The Balaban J connectivity index is 1.44. The summed E-state index contributed by atoms with van der Waals surface area (Å²) >= 11 is 0. The number of hydrogen-bond acceptors (Lipinski definition) is 2. The van der Waals surface area contributed by atoms with Crippen molar-refractivity contribution in [2.75, 3.05) is 19.6 Å². The molecule has 2 nitrogen and oxygen atoms in total. The van der Waals surface area contributed by atoms with E-state index in [4.69, 9.17) is 0 Å². The smallest absolute Gasteiger partial charge is 0.0110 e. The van der Waals surface area contributed by atoms with Gasteiger partial charge in [-0.25, -0.2) is 0 Å². The molecule has 0 aromatic heterocycles. The molecule has 0 amide bonds. The van der Waals surface area contributed by atoms with Gasteiger partial charge in [0.1, 0.15) is 0 Å². The molecule has 2 unspecified atom stereocenters. The maximum atomic E-state index is 3.97. The number of nitrogens with one attached hydrogen (secondary N) is 1. The summed E-state index contributed by atoms with van der Waals surface area (Å²) in [5, 5.41) is 3.97. The van der Waals surface area contributed by atoms with Crippen molar-refractivity contribution in [3.05, 3.63) is 0 Å². The predicted molar refractivity (Wildman–Crippen MR) is 90.6 cm³/mol. The Hall–Kier alpha value is -0.0800. The summed E-state index contributed by atoms with van der Waals surface area (Å²) in [6.07, 6.45) is 16.3. The summed E-state index contributed by atoms with van der Waals surface area (Å²) < 4.78 is 0. The van der Waals surface area contributed by atoms with Gasteiger partial charge in [-0.2, -0.15) is 0 Å². The van der Waals surface area contributed by atoms with Gasteiger partial charge in [-0.1, -0.05) is 51.9 Å². The molecule has 0 heterocycles. The van der Waals surface area contributed by atoms with Crippen LogP contribution < -0.4 is 5.32 Å². The fourth-order valence-corrected chi connectivity index (χ4v) is 4.97. The van der Waals surface area contributed by atoms with Crippen molar-refractivity contribution in [1.29, 1.82) is 0 Å². The first-order valence-electron chi connectivity index (χ1n) is 9.86. The highest BCUT2D eigenvalue weighted by Gasteiger charge is 2.32. The first kappa shape index (κ1) is 15.8. The summed E-state index contributed by atoms with van der Waals surface area (Å²) in [6, 6.07) is 1.76. The van der Waals surface area contributed by atoms with E-state index >= 15 is 0 Å². The molecule has 2 atom stereocenters. The van der Waals surface area contributed by atoms with E-state index < -0.39 is 0 Å². The Labute approximate surface area is 132 Å². The minimum Gasteiger partial charge on any atom is -0.312 e. The van der Waals surface area contributed by atoms with Gasteiger partial charge in [-0.15, -0.1) is 0 Å². The van der Waals surface area contributed by atoms with Gasteiger partial charge >= 0.3 is 0 Å². The van der Waals surface area contributed by atoms with E-state index in [-0.39, 0.29) is 0 Å². The fourth-order valence-electron chi connectivity index (χ4n) is 4.97. The molecule has 21 heavy (non-hydrogen) atoms. The van der Waals surface area contributed by atoms with Crippen LogP contribution in [0.5, 0.6) is 0 Å². The lowest BCUT2D eigenvalue weighted by atomic mass is 9.71. The lowest BCUT2D eigenvalue weighted by molar-refractivity contribution is 0.146. The van der Waals surface area contributed by atoms with E-state index in [0.29, 0.717) is 0 Å². The summed E-state index contributed by atoms with van der Waals surface area (Å²) in [5.74, 6) is 2.04. The SMILES string of the molecule is CCN(CCNC1CCCCC1C1CCCCC1)C1CC1. The van der Waals surface area contributed by atoms with Gasteiger partial charge in [0.2, 0.25) is 0 Å². The third-order valence-corrected chi connectivity index (χ3v) is 6.35. The molecule has 0 aromatic carbocycles. The van der Waals surface area contributed by atoms with Crippen LogP contribution in [0.2, 0.25) is 0 Å². The number of nitrogens with zero attached hydrogens (tertiary/aromatic N) is 1. The van der Waals surface area contributed by atoms with Crippen molar-refractivity contribution in [2.45, 2.75) is 89.6 Å². The zero-order valence-electron chi connectivity index (χ0n) is 14.2. The molecule has 3 fully saturated rings. The first-order chi connectivity index (χ1) is 10.4. The second-order valence-corrected chi connectivity index (χ2v) is 7.77. The van der Waals surface area contributed by atoms with Crippen LogP contribution in [-0.4, -0.2) is 36.6 Å². The minimum atomic E-state index is 0.833. The monoisotopic (exact) mass is 292 g/mol. The van der Waals surface area contributed by atoms with Crippen LogP contribution in [0.1, 0.15) is 77.6 Å². The van der Waals surface area contributed by atoms with Gasteiger partial charge in [0, 0.05) is 25.2 Å². The van der Waals surface area contributed by atoms with E-state index in [9.17, 15) is 0 Å². The lowest BCUT2D eigenvalue weighted by Gasteiger charge is -2.40. The third kappa shape index (κ3) is 4.45. The van der Waals surface area contributed by atoms with Crippen LogP contribution in [0.15, 0.2) is 0 Å². The molecule has 0 aromatic rings. The van der Waals surface area contributed by atoms with Gasteiger partial charge in [0.05, 0.1) is 0 Å². The summed E-state index contributed by atoms with van der Waals surface area (Å²) in [6.45, 7) is 6.06. The molecule has 3 rings (SSSR count). The van der Waals surface area contributed by atoms with E-state index in [1.165, 1.54) is 90.3 Å². The molecule has 0 aliphatic heterocycles. The standard InChI is InChI=1S/C19H36N2/c1-2-21(17-12-13-17)15-14-20-19-11-7-6-10-18(19)16-8-4-3-5-9-16/h16-20H,2-15H2,1H3. The molecular weight excluding hydrogens is 256 g/mol. The fraction of sp³-hybridized carbons (Fsp3) is 1.00. The van der Waals surface area contributed by atoms with E-state index in [0.717, 1.165) is 23.9 Å². The van der Waals surface area contributed by atoms with Gasteiger partial charge in [0.25, 0.3) is 0 Å². The first-order valence-corrected chi connectivity index (χ1v) is 9.86. The molecular formula is C19H36N2. The van der Waals surface area contributed by atoms with Crippen LogP contribution in [0.3, 0.4) is 0 Å². The second-order valence-electron chi connectivity index (χ2n) is 7.77. The molecule has 0 spiro atoms. The molecule has 0 radical (unpaired) electrons. The molecule has 3 aliphatic rings. The quantitative estimate of drug-likeness (QED) is 0.756. The van der Waals surface area contributed by atoms with E-state index in [2.05, 4.69) is 17.1 Å². The normalized spacial score (nSPS) is 31.7. The average molecular weight is 293 g/mol. The van der Waals surface area contributed by atoms with Crippen molar-refractivity contribution in [3.63, 3.8) is 0 Å². The van der Waals surface area contributed by atoms with Crippen LogP contribution in [0.4, 0.5) is 0 Å². The van der Waals surface area contributed by atoms with Crippen molar-refractivity contribution in [1.82, 2.24) is 10.2 Å². The zero-order chi connectivity index (χ0) is 14.5. The highest BCUT2D eigenvalue weighted by atomic mass is 15.2. The Morgan fingerprint density at radius 2 is 1.57 bits per heavy atom. The van der Waals surface area contributed by atoms with Crippen molar-refractivity contribution >= 4 is 0 Å². The summed E-state index contributed by atoms with van der Waals surface area (Å²) in [7, 11) is 0. The van der Waals surface area contributed by atoms with Gasteiger partial charge in [0.15, 0.2) is 0 Å². The van der Waals surface area contributed by atoms with Crippen LogP contribution in [0.25, 0.3) is 0 Å². The largest absolute Gasteiger partial charge is 0.312 e. The summed E-state index contributed by atoms with van der Waals surface area (Å²) in [4.78, 5) is 2.69. The average Bonchev–Trinajstić information content (AvgIpc) is 3.38. The van der Waals surface area contributed by atoms with E-state index in [1.807, 2.05) is 0 Å². The second kappa shape index (κ2) is 7.97. The van der Waals surface area contributed by atoms with Crippen LogP contribution in [-0.2, 0) is 0 Å². The molecule has 122 valence electrons. The highest BCUT2D eigenvalue weighted by Crippen LogP contribution is 2.38. The molecule has 3 aliphatic carbocycles. The Bertz CT molecular complexity index is 294. The van der Waals surface area contributed by atoms with Crippen LogP contribution in [0, 0.1) is 11.8 Å². The van der Waals surface area contributed by atoms with Crippen molar-refractivity contribution in [2.24, 2.45) is 11.8 Å². The molecule has 2 heteroatoms. The maximum absolute atomic E-state index is 3.97. The Morgan fingerprint density at radius 3 is 2.29 bits per heavy atom. The topological polar surface area (TPSA) is 15.3 Å². The Kier molecular flexibility index (Phi) is 5.99. The number of rotatable bonds is 7. The van der Waals surface area contributed by atoms with Gasteiger partial charge < -0.3 is 5.32 Å². The molecule has 0 saturated heterocycles. The van der Waals surface area contributed by atoms with Crippen LogP contribution >= 0.6 is 0 Å². The Morgan fingerprint density at radius 1 is 0.857 bits per heavy atom. The van der Waals surface area contributed by atoms with Crippen molar-refractivity contribution < 1.29 is 0 Å². The molecule has 0 bridgehead atoms. The van der Waals surface area contributed by atoms with Crippen molar-refractivity contribution in [3.8, 4) is 0 Å². The third-order valence-electron chi connectivity index (χ3n) is 6.35. The lowest BCUT2D eigenvalue weighted by Crippen LogP contribution is -2.45. The maximum Gasteiger partial charge on any atom is 0.0110 e. The molecule has 1 N–H and O–H groups in total. The zero-order valence-corrected chi connectivity index (χ0v) is 14.2. The van der Waals surface area contributed by atoms with Gasteiger partial charge in [-0.3, -0.25) is 4.90 Å². The van der Waals surface area contributed by atoms with E-state index in [1.54, 1.807) is 0 Å². The summed E-state index contributed by atoms with van der Waals surface area (Å²) in [5.41, 5.74) is 0.